The summed E-state index contributed by atoms with van der Waals surface area (Å²) in [6.45, 7) is 9.86. The Kier molecular flexibility index (Phi) is 7.27. The number of esters is 2. The van der Waals surface area contributed by atoms with Gasteiger partial charge in [0.1, 0.15) is 13.2 Å². The molecular formula is C15H20O8. The smallest absolute Gasteiger partial charge is 0.458 e. The topological polar surface area (TPSA) is 97.4 Å². The van der Waals surface area contributed by atoms with E-state index in [9.17, 15) is 14.4 Å². The summed E-state index contributed by atoms with van der Waals surface area (Å²) in [6, 6.07) is 0. The zero-order chi connectivity index (χ0) is 17.4. The van der Waals surface area contributed by atoms with Crippen LogP contribution in [-0.4, -0.2) is 56.7 Å². The fraction of sp³-hybridized carbons (Fsp3) is 0.533. The molecule has 2 unspecified atom stereocenters. The molecule has 1 saturated heterocycles. The fourth-order valence-corrected chi connectivity index (χ4v) is 1.44. The molecule has 1 fully saturated rings. The fourth-order valence-electron chi connectivity index (χ4n) is 1.44. The first-order valence-corrected chi connectivity index (χ1v) is 6.90. The van der Waals surface area contributed by atoms with E-state index >= 15 is 0 Å². The summed E-state index contributed by atoms with van der Waals surface area (Å²) in [5.74, 6) is -1.22. The number of carbonyl (C=O) groups excluding carboxylic acids is 3. The summed E-state index contributed by atoms with van der Waals surface area (Å²) in [6.07, 6.45) is -2.09. The molecule has 0 aromatic heterocycles. The summed E-state index contributed by atoms with van der Waals surface area (Å²) >= 11 is 0. The highest BCUT2D eigenvalue weighted by Crippen LogP contribution is 2.08. The summed E-state index contributed by atoms with van der Waals surface area (Å²) < 4.78 is 24.8. The van der Waals surface area contributed by atoms with Gasteiger partial charge in [0.2, 0.25) is 0 Å². The van der Waals surface area contributed by atoms with Crippen LogP contribution >= 0.6 is 0 Å². The Morgan fingerprint density at radius 1 is 1.22 bits per heavy atom. The normalized spacial score (nSPS) is 17.7. The van der Waals surface area contributed by atoms with E-state index in [1.54, 1.807) is 0 Å². The van der Waals surface area contributed by atoms with Crippen molar-refractivity contribution in [3.8, 4) is 0 Å². The minimum absolute atomic E-state index is 0.0451. The lowest BCUT2D eigenvalue weighted by Gasteiger charge is -2.18. The van der Waals surface area contributed by atoms with E-state index in [0.29, 0.717) is 0 Å². The first-order chi connectivity index (χ1) is 10.8. The van der Waals surface area contributed by atoms with Crippen molar-refractivity contribution in [2.75, 3.05) is 26.4 Å². The van der Waals surface area contributed by atoms with Crippen molar-refractivity contribution in [1.29, 1.82) is 0 Å². The average molecular weight is 328 g/mol. The third-order valence-electron chi connectivity index (χ3n) is 2.63. The summed E-state index contributed by atoms with van der Waals surface area (Å²) in [5.41, 5.74) is 0.435. The number of hydrogen-bond donors (Lipinski definition) is 0. The molecule has 1 aliphatic heterocycles. The monoisotopic (exact) mass is 328 g/mol. The average Bonchev–Trinajstić information content (AvgIpc) is 2.89. The van der Waals surface area contributed by atoms with Crippen molar-refractivity contribution in [3.63, 3.8) is 0 Å². The number of carbonyl (C=O) groups is 3. The molecule has 1 aliphatic rings. The van der Waals surface area contributed by atoms with Gasteiger partial charge in [0.05, 0.1) is 13.2 Å². The van der Waals surface area contributed by atoms with Crippen LogP contribution in [0.1, 0.15) is 13.8 Å². The van der Waals surface area contributed by atoms with Crippen LogP contribution < -0.4 is 0 Å². The highest BCUT2D eigenvalue weighted by molar-refractivity contribution is 5.87. The molecule has 0 N–H and O–H groups in total. The maximum atomic E-state index is 11.6. The van der Waals surface area contributed by atoms with E-state index in [0.717, 1.165) is 0 Å². The quantitative estimate of drug-likeness (QED) is 0.353. The Morgan fingerprint density at radius 3 is 2.39 bits per heavy atom. The third kappa shape index (κ3) is 6.96. The van der Waals surface area contributed by atoms with E-state index in [1.165, 1.54) is 13.8 Å². The zero-order valence-corrected chi connectivity index (χ0v) is 13.2. The van der Waals surface area contributed by atoms with Gasteiger partial charge in [0.15, 0.2) is 12.2 Å². The van der Waals surface area contributed by atoms with Gasteiger partial charge in [-0.25, -0.2) is 14.4 Å². The molecule has 0 radical (unpaired) electrons. The Bertz CT molecular complexity index is 496. The van der Waals surface area contributed by atoms with Crippen molar-refractivity contribution in [2.45, 2.75) is 26.1 Å². The second-order valence-electron chi connectivity index (χ2n) is 5.02. The van der Waals surface area contributed by atoms with Gasteiger partial charge in [-0.3, -0.25) is 0 Å². The first kappa shape index (κ1) is 18.7. The van der Waals surface area contributed by atoms with E-state index in [-0.39, 0.29) is 37.6 Å². The highest BCUT2D eigenvalue weighted by Gasteiger charge is 2.26. The molecule has 0 spiro atoms. The van der Waals surface area contributed by atoms with Gasteiger partial charge < -0.3 is 23.7 Å². The molecular weight excluding hydrogens is 308 g/mol. The predicted molar refractivity (Wildman–Crippen MR) is 77.5 cm³/mol. The summed E-state index contributed by atoms with van der Waals surface area (Å²) in [7, 11) is 0. The number of cyclic esters (lactones) is 2. The van der Waals surface area contributed by atoms with Gasteiger partial charge in [-0.05, 0) is 13.8 Å². The maximum absolute atomic E-state index is 11.6. The molecule has 8 heteroatoms. The van der Waals surface area contributed by atoms with Crippen LogP contribution in [0.3, 0.4) is 0 Å². The van der Waals surface area contributed by atoms with Crippen molar-refractivity contribution in [2.24, 2.45) is 0 Å². The van der Waals surface area contributed by atoms with Gasteiger partial charge >= 0.3 is 18.1 Å². The number of ether oxygens (including phenoxy) is 5. The van der Waals surface area contributed by atoms with Crippen LogP contribution in [0.25, 0.3) is 0 Å². The lowest BCUT2D eigenvalue weighted by Crippen LogP contribution is -2.31. The molecule has 0 amide bonds. The van der Waals surface area contributed by atoms with E-state index < -0.39 is 30.3 Å². The van der Waals surface area contributed by atoms with Crippen molar-refractivity contribution in [3.05, 3.63) is 24.3 Å². The lowest BCUT2D eigenvalue weighted by atomic mass is 10.3. The largest absolute Gasteiger partial charge is 0.508 e. The zero-order valence-electron chi connectivity index (χ0n) is 13.2. The van der Waals surface area contributed by atoms with E-state index in [4.69, 9.17) is 18.9 Å². The molecule has 23 heavy (non-hydrogen) atoms. The molecule has 0 saturated carbocycles. The second kappa shape index (κ2) is 8.94. The van der Waals surface area contributed by atoms with Crippen LogP contribution in [-0.2, 0) is 33.3 Å². The Labute approximate surface area is 134 Å². The van der Waals surface area contributed by atoms with Crippen LogP contribution in [0.15, 0.2) is 24.3 Å². The van der Waals surface area contributed by atoms with Gasteiger partial charge in [0, 0.05) is 11.1 Å². The summed E-state index contributed by atoms with van der Waals surface area (Å²) in [4.78, 5) is 33.7. The molecule has 0 aromatic carbocycles. The molecule has 2 atom stereocenters. The number of rotatable bonds is 9. The molecule has 0 aliphatic carbocycles. The van der Waals surface area contributed by atoms with Gasteiger partial charge in [0.25, 0.3) is 0 Å². The van der Waals surface area contributed by atoms with Crippen LogP contribution in [0.5, 0.6) is 0 Å². The minimum atomic E-state index is -0.819. The summed E-state index contributed by atoms with van der Waals surface area (Å²) in [5, 5.41) is 0. The standard InChI is InChI=1S/C15H20O8/c1-9(2)13(16)20-7-11(22-14(17)10(3)4)5-19-6-12-8-21-15(18)23-12/h11-12H,1,3,5-8H2,2,4H3. The van der Waals surface area contributed by atoms with Crippen LogP contribution in [0, 0.1) is 0 Å². The van der Waals surface area contributed by atoms with Crippen molar-refractivity contribution < 1.29 is 38.1 Å². The Morgan fingerprint density at radius 2 is 1.87 bits per heavy atom. The van der Waals surface area contributed by atoms with Gasteiger partial charge in [-0.1, -0.05) is 13.2 Å². The van der Waals surface area contributed by atoms with Gasteiger partial charge in [-0.15, -0.1) is 0 Å². The van der Waals surface area contributed by atoms with E-state index in [2.05, 4.69) is 17.9 Å². The molecule has 8 nitrogen and oxygen atoms in total. The number of hydrogen-bond acceptors (Lipinski definition) is 8. The van der Waals surface area contributed by atoms with Crippen LogP contribution in [0.2, 0.25) is 0 Å². The predicted octanol–water partition coefficient (Wildman–Crippen LogP) is 1.15. The first-order valence-electron chi connectivity index (χ1n) is 6.90. The molecule has 1 heterocycles. The lowest BCUT2D eigenvalue weighted by molar-refractivity contribution is -0.158. The highest BCUT2D eigenvalue weighted by atomic mass is 16.8. The molecule has 1 rings (SSSR count). The Hall–Kier alpha value is -2.35. The minimum Gasteiger partial charge on any atom is -0.458 e. The SMILES string of the molecule is C=C(C)C(=O)OCC(COCC1COC(=O)O1)OC(=O)C(=C)C. The maximum Gasteiger partial charge on any atom is 0.508 e. The third-order valence-corrected chi connectivity index (χ3v) is 2.63. The van der Waals surface area contributed by atoms with Crippen molar-refractivity contribution in [1.82, 2.24) is 0 Å². The molecule has 0 bridgehead atoms. The molecule has 128 valence electrons. The Balaban J connectivity index is 2.44. The molecule has 0 aromatic rings. The second-order valence-corrected chi connectivity index (χ2v) is 5.02. The van der Waals surface area contributed by atoms with Gasteiger partial charge in [-0.2, -0.15) is 0 Å². The van der Waals surface area contributed by atoms with E-state index in [1.807, 2.05) is 0 Å². The van der Waals surface area contributed by atoms with Crippen molar-refractivity contribution >= 4 is 18.1 Å². The van der Waals surface area contributed by atoms with Crippen LogP contribution in [0.4, 0.5) is 4.79 Å².